The molecule has 0 bridgehead atoms. The molecule has 0 aliphatic rings. The van der Waals surface area contributed by atoms with Gasteiger partial charge in [-0.3, -0.25) is 0 Å². The Morgan fingerprint density at radius 3 is 1.06 bits per heavy atom. The third kappa shape index (κ3) is 7.85. The van der Waals surface area contributed by atoms with Gasteiger partial charge < -0.3 is 4.90 Å². The van der Waals surface area contributed by atoms with Gasteiger partial charge in [0.2, 0.25) is 0 Å². The summed E-state index contributed by atoms with van der Waals surface area (Å²) >= 11 is 0. The van der Waals surface area contributed by atoms with Crippen molar-refractivity contribution in [2.24, 2.45) is 0 Å². The zero-order valence-corrected chi connectivity index (χ0v) is 22.6. The predicted molar refractivity (Wildman–Crippen MR) is 159 cm³/mol. The van der Waals surface area contributed by atoms with Crippen LogP contribution in [0.15, 0.2) is 121 Å². The molecule has 0 atom stereocenters. The van der Waals surface area contributed by atoms with Crippen LogP contribution < -0.4 is 21.2 Å². The van der Waals surface area contributed by atoms with Crippen LogP contribution in [0.5, 0.6) is 0 Å². The van der Waals surface area contributed by atoms with E-state index in [9.17, 15) is 0 Å². The lowest BCUT2D eigenvalue weighted by atomic mass is 10.3. The fraction of sp³-hybridized carbons (Fsp3) is 0.250. The van der Waals surface area contributed by atoms with Gasteiger partial charge in [-0.05, 0) is 62.4 Å². The molecule has 4 aromatic carbocycles. The largest absolute Gasteiger partial charge is 0.303 e. The number of benzene rings is 4. The Balaban J connectivity index is 1.49. The van der Waals surface area contributed by atoms with E-state index in [2.05, 4.69) is 133 Å². The van der Waals surface area contributed by atoms with Crippen molar-refractivity contribution in [1.29, 1.82) is 0 Å². The summed E-state index contributed by atoms with van der Waals surface area (Å²) in [5.74, 6) is 0. The van der Waals surface area contributed by atoms with Crippen molar-refractivity contribution in [3.8, 4) is 0 Å². The average Bonchev–Trinajstić information content (AvgIpc) is 2.94. The molecular weight excluding hydrogens is 460 g/mol. The highest BCUT2D eigenvalue weighted by Gasteiger charge is 2.18. The lowest BCUT2D eigenvalue weighted by molar-refractivity contribution is 0.303. The van der Waals surface area contributed by atoms with Gasteiger partial charge in [0.1, 0.15) is 0 Å². The Hall–Kier alpha value is -2.30. The zero-order chi connectivity index (χ0) is 24.1. The van der Waals surface area contributed by atoms with Gasteiger partial charge in [0.05, 0.1) is 0 Å². The van der Waals surface area contributed by atoms with E-state index in [1.165, 1.54) is 52.9 Å². The summed E-state index contributed by atoms with van der Waals surface area (Å²) in [5.41, 5.74) is 0. The van der Waals surface area contributed by atoms with E-state index in [1.807, 2.05) is 0 Å². The van der Waals surface area contributed by atoms with E-state index in [4.69, 9.17) is 0 Å². The van der Waals surface area contributed by atoms with Crippen LogP contribution in [-0.4, -0.2) is 36.9 Å². The first-order chi connectivity index (χ1) is 17.3. The highest BCUT2D eigenvalue weighted by Crippen LogP contribution is 2.35. The molecule has 3 heteroatoms. The summed E-state index contributed by atoms with van der Waals surface area (Å²) in [6, 6.07) is 44.6. The van der Waals surface area contributed by atoms with E-state index in [-0.39, 0.29) is 15.8 Å². The maximum Gasteiger partial charge on any atom is 0.00268 e. The SMILES string of the molecule is CCCCN(CCP(c1ccccc1)c1ccccc1)CCP(c1ccccc1)c1ccccc1. The van der Waals surface area contributed by atoms with Crippen LogP contribution in [0.1, 0.15) is 19.8 Å². The predicted octanol–water partition coefficient (Wildman–Crippen LogP) is 6.35. The minimum atomic E-state index is -0.348. The quantitative estimate of drug-likeness (QED) is 0.195. The minimum Gasteiger partial charge on any atom is -0.303 e. The molecule has 4 aromatic rings. The van der Waals surface area contributed by atoms with Gasteiger partial charge in [-0.25, -0.2) is 0 Å². The smallest absolute Gasteiger partial charge is 0.00268 e. The molecule has 35 heavy (non-hydrogen) atoms. The first-order valence-electron chi connectivity index (χ1n) is 12.8. The normalized spacial score (nSPS) is 11.4. The second-order valence-electron chi connectivity index (χ2n) is 8.84. The lowest BCUT2D eigenvalue weighted by Gasteiger charge is -2.28. The van der Waals surface area contributed by atoms with E-state index >= 15 is 0 Å². The molecule has 0 aliphatic heterocycles. The van der Waals surface area contributed by atoms with Gasteiger partial charge in [0.15, 0.2) is 0 Å². The lowest BCUT2D eigenvalue weighted by Crippen LogP contribution is -2.33. The van der Waals surface area contributed by atoms with Gasteiger partial charge in [-0.2, -0.15) is 0 Å². The summed E-state index contributed by atoms with van der Waals surface area (Å²) in [6.45, 7) is 5.81. The van der Waals surface area contributed by atoms with E-state index < -0.39 is 0 Å². The topological polar surface area (TPSA) is 3.24 Å². The Kier molecular flexibility index (Phi) is 10.5. The molecule has 0 saturated carbocycles. The highest BCUT2D eigenvalue weighted by molar-refractivity contribution is 7.73. The van der Waals surface area contributed by atoms with Crippen LogP contribution >= 0.6 is 15.8 Å². The number of hydrogen-bond acceptors (Lipinski definition) is 1. The third-order valence-corrected chi connectivity index (χ3v) is 11.4. The van der Waals surface area contributed by atoms with Crippen molar-refractivity contribution in [2.75, 3.05) is 32.0 Å². The van der Waals surface area contributed by atoms with Crippen molar-refractivity contribution in [3.05, 3.63) is 121 Å². The summed E-state index contributed by atoms with van der Waals surface area (Å²) in [4.78, 5) is 2.74. The maximum absolute atomic E-state index is 2.74. The standard InChI is InChI=1S/C32H37NP2/c1-2-3-24-33(25-27-34(29-16-8-4-9-17-29)30-18-10-5-11-19-30)26-28-35(31-20-12-6-13-21-31)32-22-14-7-15-23-32/h4-23H,2-3,24-28H2,1H3. The molecule has 0 aromatic heterocycles. The van der Waals surface area contributed by atoms with Crippen molar-refractivity contribution in [2.45, 2.75) is 19.8 Å². The van der Waals surface area contributed by atoms with Crippen molar-refractivity contribution in [1.82, 2.24) is 4.90 Å². The third-order valence-electron chi connectivity index (χ3n) is 6.38. The number of nitrogens with zero attached hydrogens (tertiary/aromatic N) is 1. The first kappa shape index (κ1) is 25.8. The van der Waals surface area contributed by atoms with Crippen LogP contribution in [0.3, 0.4) is 0 Å². The van der Waals surface area contributed by atoms with Crippen LogP contribution in [0.2, 0.25) is 0 Å². The van der Waals surface area contributed by atoms with Gasteiger partial charge in [-0.15, -0.1) is 0 Å². The molecule has 0 amide bonds. The Morgan fingerprint density at radius 2 is 0.771 bits per heavy atom. The molecule has 4 rings (SSSR count). The fourth-order valence-electron chi connectivity index (χ4n) is 4.45. The first-order valence-corrected chi connectivity index (χ1v) is 15.9. The Bertz CT molecular complexity index is 921. The van der Waals surface area contributed by atoms with Gasteiger partial charge >= 0.3 is 0 Å². The minimum absolute atomic E-state index is 0.348. The molecule has 0 spiro atoms. The molecule has 180 valence electrons. The van der Waals surface area contributed by atoms with Crippen LogP contribution in [0.25, 0.3) is 0 Å². The summed E-state index contributed by atoms with van der Waals surface area (Å²) < 4.78 is 0. The Labute approximate surface area is 214 Å². The summed E-state index contributed by atoms with van der Waals surface area (Å²) in [6.07, 6.45) is 4.93. The fourth-order valence-corrected chi connectivity index (χ4v) is 9.17. The second kappa shape index (κ2) is 14.3. The van der Waals surface area contributed by atoms with E-state index in [0.29, 0.717) is 0 Å². The number of rotatable bonds is 13. The van der Waals surface area contributed by atoms with Crippen molar-refractivity contribution >= 4 is 37.1 Å². The molecule has 0 fully saturated rings. The molecular formula is C32H37NP2. The van der Waals surface area contributed by atoms with E-state index in [0.717, 1.165) is 13.1 Å². The van der Waals surface area contributed by atoms with Crippen molar-refractivity contribution < 1.29 is 0 Å². The van der Waals surface area contributed by atoms with Gasteiger partial charge in [0.25, 0.3) is 0 Å². The molecule has 0 radical (unpaired) electrons. The van der Waals surface area contributed by atoms with Crippen LogP contribution in [0, 0.1) is 0 Å². The number of unbranched alkanes of at least 4 members (excludes halogenated alkanes) is 1. The van der Waals surface area contributed by atoms with Crippen LogP contribution in [-0.2, 0) is 0 Å². The Morgan fingerprint density at radius 1 is 0.457 bits per heavy atom. The summed E-state index contributed by atoms with van der Waals surface area (Å²) in [5, 5.41) is 5.94. The molecule has 0 heterocycles. The molecule has 0 aliphatic carbocycles. The molecule has 0 saturated heterocycles. The monoisotopic (exact) mass is 497 g/mol. The molecule has 0 unspecified atom stereocenters. The van der Waals surface area contributed by atoms with Crippen LogP contribution in [0.4, 0.5) is 0 Å². The molecule has 0 N–H and O–H groups in total. The van der Waals surface area contributed by atoms with E-state index in [1.54, 1.807) is 0 Å². The second-order valence-corrected chi connectivity index (χ2v) is 13.5. The number of hydrogen-bond donors (Lipinski definition) is 0. The average molecular weight is 498 g/mol. The van der Waals surface area contributed by atoms with Gasteiger partial charge in [-0.1, -0.05) is 135 Å². The van der Waals surface area contributed by atoms with Crippen molar-refractivity contribution in [3.63, 3.8) is 0 Å². The van der Waals surface area contributed by atoms with Gasteiger partial charge in [0, 0.05) is 13.1 Å². The summed E-state index contributed by atoms with van der Waals surface area (Å²) in [7, 11) is -0.697. The molecule has 1 nitrogen and oxygen atoms in total. The zero-order valence-electron chi connectivity index (χ0n) is 20.8. The maximum atomic E-state index is 2.74. The highest BCUT2D eigenvalue weighted by atomic mass is 31.1.